The van der Waals surface area contributed by atoms with Gasteiger partial charge in [0.1, 0.15) is 0 Å². The standard InChI is InChI=1S/C39H64O3/c1-3-5-7-9-11-13-15-17-19-21-22-24-26-28-30-32-34-36-38-42-39(40)41-37-35-33-31-29-27-25-23-20-18-16-14-12-10-8-6-4-2/h10-14,16-20,22,24,28,30H,3-9,15,21,23,25-27,29,31-38H2,1-2H3. The number of hydrogen-bond donors (Lipinski definition) is 0. The first-order valence-electron chi connectivity index (χ1n) is 17.2. The van der Waals surface area contributed by atoms with Gasteiger partial charge in [0.2, 0.25) is 0 Å². The van der Waals surface area contributed by atoms with Crippen LogP contribution in [0.3, 0.4) is 0 Å². The zero-order valence-electron chi connectivity index (χ0n) is 27.4. The molecule has 0 aliphatic rings. The van der Waals surface area contributed by atoms with Gasteiger partial charge in [-0.2, -0.15) is 0 Å². The van der Waals surface area contributed by atoms with Crippen LogP contribution in [0, 0.1) is 0 Å². The first kappa shape index (κ1) is 39.5. The first-order chi connectivity index (χ1) is 20.8. The predicted octanol–water partition coefficient (Wildman–Crippen LogP) is 12.9. The molecule has 42 heavy (non-hydrogen) atoms. The van der Waals surface area contributed by atoms with Crippen LogP contribution in [-0.2, 0) is 9.47 Å². The molecule has 0 aliphatic heterocycles. The van der Waals surface area contributed by atoms with Crippen molar-refractivity contribution in [3.05, 3.63) is 85.1 Å². The van der Waals surface area contributed by atoms with E-state index >= 15 is 0 Å². The highest BCUT2D eigenvalue weighted by Gasteiger charge is 2.02. The summed E-state index contributed by atoms with van der Waals surface area (Å²) in [6.45, 7) is 5.36. The summed E-state index contributed by atoms with van der Waals surface area (Å²) in [4.78, 5) is 11.7. The molecule has 0 saturated carbocycles. The zero-order chi connectivity index (χ0) is 30.4. The third-order valence-corrected chi connectivity index (χ3v) is 6.76. The van der Waals surface area contributed by atoms with E-state index in [1.165, 1.54) is 70.6 Å². The van der Waals surface area contributed by atoms with Crippen molar-refractivity contribution in [3.8, 4) is 0 Å². The highest BCUT2D eigenvalue weighted by Crippen LogP contribution is 2.08. The van der Waals surface area contributed by atoms with Crippen molar-refractivity contribution < 1.29 is 14.3 Å². The molecular weight excluding hydrogens is 516 g/mol. The Hall–Kier alpha value is -2.55. The van der Waals surface area contributed by atoms with E-state index in [1.54, 1.807) is 0 Å². The second-order valence-electron chi connectivity index (χ2n) is 10.8. The lowest BCUT2D eigenvalue weighted by molar-refractivity contribution is 0.0530. The first-order valence-corrected chi connectivity index (χ1v) is 17.2. The summed E-state index contributed by atoms with van der Waals surface area (Å²) in [7, 11) is 0. The highest BCUT2D eigenvalue weighted by atomic mass is 16.7. The summed E-state index contributed by atoms with van der Waals surface area (Å²) in [5.41, 5.74) is 0. The van der Waals surface area contributed by atoms with Crippen molar-refractivity contribution in [2.45, 2.75) is 142 Å². The molecular formula is C39H64O3. The van der Waals surface area contributed by atoms with E-state index in [9.17, 15) is 4.79 Å². The van der Waals surface area contributed by atoms with Gasteiger partial charge in [-0.3, -0.25) is 0 Å². The normalized spacial score (nSPS) is 12.6. The van der Waals surface area contributed by atoms with Gasteiger partial charge in [0.15, 0.2) is 0 Å². The smallest absolute Gasteiger partial charge is 0.434 e. The zero-order valence-corrected chi connectivity index (χ0v) is 27.4. The topological polar surface area (TPSA) is 35.5 Å². The van der Waals surface area contributed by atoms with E-state index in [4.69, 9.17) is 9.47 Å². The maximum atomic E-state index is 11.7. The van der Waals surface area contributed by atoms with Crippen LogP contribution in [0.15, 0.2) is 85.1 Å². The Labute approximate surface area is 260 Å². The number of unbranched alkanes of at least 4 members (excludes halogenated alkanes) is 13. The maximum Gasteiger partial charge on any atom is 0.508 e. The van der Waals surface area contributed by atoms with Gasteiger partial charge in [-0.25, -0.2) is 4.79 Å². The molecule has 3 heteroatoms. The van der Waals surface area contributed by atoms with Gasteiger partial charge in [-0.15, -0.1) is 0 Å². The van der Waals surface area contributed by atoms with Gasteiger partial charge < -0.3 is 9.47 Å². The molecule has 0 fully saturated rings. The number of rotatable bonds is 29. The van der Waals surface area contributed by atoms with E-state index in [0.717, 1.165) is 57.8 Å². The van der Waals surface area contributed by atoms with Crippen molar-refractivity contribution in [2.24, 2.45) is 0 Å². The molecule has 0 N–H and O–H groups in total. The SMILES string of the molecule is CCCCC=CC=CC=CCCCCCCCCOC(=O)OCCCCC=CCC=CCC=CCC=CCCCCC. The van der Waals surface area contributed by atoms with Crippen LogP contribution >= 0.6 is 0 Å². The molecule has 0 bridgehead atoms. The van der Waals surface area contributed by atoms with Gasteiger partial charge in [-0.1, -0.05) is 150 Å². The van der Waals surface area contributed by atoms with Gasteiger partial charge in [0.25, 0.3) is 0 Å². The molecule has 0 unspecified atom stereocenters. The molecule has 3 nitrogen and oxygen atoms in total. The molecule has 0 aromatic carbocycles. The van der Waals surface area contributed by atoms with Crippen molar-refractivity contribution in [1.82, 2.24) is 0 Å². The summed E-state index contributed by atoms with van der Waals surface area (Å²) >= 11 is 0. The van der Waals surface area contributed by atoms with Crippen molar-refractivity contribution in [3.63, 3.8) is 0 Å². The van der Waals surface area contributed by atoms with Crippen LogP contribution in [0.1, 0.15) is 142 Å². The fraction of sp³-hybridized carbons (Fsp3) is 0.615. The Morgan fingerprint density at radius 1 is 0.405 bits per heavy atom. The van der Waals surface area contributed by atoms with Crippen LogP contribution in [0.5, 0.6) is 0 Å². The summed E-state index contributed by atoms with van der Waals surface area (Å²) in [6, 6.07) is 0. The Morgan fingerprint density at radius 2 is 0.786 bits per heavy atom. The number of allylic oxidation sites excluding steroid dienone is 14. The average Bonchev–Trinajstić information content (AvgIpc) is 3.00. The summed E-state index contributed by atoms with van der Waals surface area (Å²) < 4.78 is 10.4. The minimum Gasteiger partial charge on any atom is -0.434 e. The van der Waals surface area contributed by atoms with Crippen molar-refractivity contribution >= 4 is 6.16 Å². The molecule has 0 atom stereocenters. The van der Waals surface area contributed by atoms with E-state index in [2.05, 4.69) is 98.9 Å². The molecule has 238 valence electrons. The van der Waals surface area contributed by atoms with Crippen LogP contribution in [0.4, 0.5) is 4.79 Å². The van der Waals surface area contributed by atoms with Gasteiger partial charge in [0.05, 0.1) is 13.2 Å². The Balaban J connectivity index is 3.41. The van der Waals surface area contributed by atoms with Crippen molar-refractivity contribution in [2.75, 3.05) is 13.2 Å². The van der Waals surface area contributed by atoms with Crippen LogP contribution in [0.2, 0.25) is 0 Å². The summed E-state index contributed by atoms with van der Waals surface area (Å²) in [6.07, 6.45) is 53.2. The lowest BCUT2D eigenvalue weighted by atomic mass is 10.1. The molecule has 0 radical (unpaired) electrons. The van der Waals surface area contributed by atoms with E-state index in [0.29, 0.717) is 13.2 Å². The molecule has 0 spiro atoms. The Morgan fingerprint density at radius 3 is 1.33 bits per heavy atom. The van der Waals surface area contributed by atoms with Gasteiger partial charge >= 0.3 is 6.16 Å². The minimum atomic E-state index is -0.523. The monoisotopic (exact) mass is 580 g/mol. The Kier molecular flexibility index (Phi) is 34.3. The number of ether oxygens (including phenoxy) is 2. The second kappa shape index (κ2) is 36.5. The number of carbonyl (C=O) groups is 1. The van der Waals surface area contributed by atoms with Gasteiger partial charge in [-0.05, 0) is 77.0 Å². The third kappa shape index (κ3) is 35.5. The van der Waals surface area contributed by atoms with E-state index in [-0.39, 0.29) is 0 Å². The van der Waals surface area contributed by atoms with E-state index in [1.807, 2.05) is 0 Å². The third-order valence-electron chi connectivity index (χ3n) is 6.76. The Bertz CT molecular complexity index is 766. The van der Waals surface area contributed by atoms with Crippen LogP contribution < -0.4 is 0 Å². The summed E-state index contributed by atoms with van der Waals surface area (Å²) in [5, 5.41) is 0. The average molecular weight is 581 g/mol. The van der Waals surface area contributed by atoms with E-state index < -0.39 is 6.16 Å². The summed E-state index contributed by atoms with van der Waals surface area (Å²) in [5.74, 6) is 0. The van der Waals surface area contributed by atoms with Gasteiger partial charge in [0, 0.05) is 0 Å². The second-order valence-corrected chi connectivity index (χ2v) is 10.8. The highest BCUT2D eigenvalue weighted by molar-refractivity contribution is 5.59. The largest absolute Gasteiger partial charge is 0.508 e. The quantitative estimate of drug-likeness (QED) is 0.0382. The lowest BCUT2D eigenvalue weighted by Crippen LogP contribution is -2.09. The molecule has 0 heterocycles. The molecule has 0 rings (SSSR count). The minimum absolute atomic E-state index is 0.437. The van der Waals surface area contributed by atoms with Crippen LogP contribution in [0.25, 0.3) is 0 Å². The number of carbonyl (C=O) groups excluding carboxylic acids is 1. The molecule has 0 aromatic rings. The molecule has 0 saturated heterocycles. The molecule has 0 amide bonds. The number of hydrogen-bond acceptors (Lipinski definition) is 3. The molecule has 0 aliphatic carbocycles. The fourth-order valence-corrected chi connectivity index (χ4v) is 4.15. The van der Waals surface area contributed by atoms with Crippen molar-refractivity contribution in [1.29, 1.82) is 0 Å². The van der Waals surface area contributed by atoms with Crippen LogP contribution in [-0.4, -0.2) is 19.4 Å². The fourth-order valence-electron chi connectivity index (χ4n) is 4.15. The molecule has 0 aromatic heterocycles. The maximum absolute atomic E-state index is 11.7. The lowest BCUT2D eigenvalue weighted by Gasteiger charge is -2.06. The predicted molar refractivity (Wildman–Crippen MR) is 185 cm³/mol.